The average molecular weight is 120 g/mol. The van der Waals surface area contributed by atoms with Gasteiger partial charge in [0.05, 0.1) is 0 Å². The predicted molar refractivity (Wildman–Crippen MR) is 13.8 cm³/mol. The molecular formula is HCaO3P. The van der Waals surface area contributed by atoms with E-state index in [-0.39, 0.29) is 39.2 Å². The fourth-order valence-corrected chi connectivity index (χ4v) is 0. The van der Waals surface area contributed by atoms with Gasteiger partial charge in [-0.05, 0) is 0 Å². The fourth-order valence-electron chi connectivity index (χ4n) is 0. The molecule has 0 saturated heterocycles. The van der Waals surface area contributed by atoms with Gasteiger partial charge in [-0.2, -0.15) is 0 Å². The molecule has 0 aromatic carbocycles. The molecule has 0 aromatic heterocycles. The third-order valence-electron chi connectivity index (χ3n) is 0. The summed E-state index contributed by atoms with van der Waals surface area (Å²) in [6.45, 7) is 0. The second kappa shape index (κ2) is 5.57. The zero-order chi connectivity index (χ0) is 3.58. The summed E-state index contributed by atoms with van der Waals surface area (Å²) >= 11 is 0. The zero-order valence-corrected chi connectivity index (χ0v) is 5.48. The van der Waals surface area contributed by atoms with Crippen LogP contribution in [-0.2, 0) is 0 Å². The predicted octanol–water partition coefficient (Wildman–Crippen LogP) is -2.97. The Morgan fingerprint density at radius 3 is 1.20 bits per heavy atom. The third-order valence-corrected chi connectivity index (χ3v) is 0. The first-order valence-electron chi connectivity index (χ1n) is 0.548. The number of rotatable bonds is 0. The SMILES string of the molecule is [Ca+2].[H+].[O-]P([O-])[O-]. The maximum absolute atomic E-state index is 8.48. The van der Waals surface area contributed by atoms with Crippen molar-refractivity contribution in [3.8, 4) is 0 Å². The van der Waals surface area contributed by atoms with E-state index in [1.54, 1.807) is 0 Å². The van der Waals surface area contributed by atoms with Crippen molar-refractivity contribution in [2.75, 3.05) is 0 Å². The standard InChI is InChI=1S/Ca.O3P/c;1-4(2)3/q+2;-3/p+1. The van der Waals surface area contributed by atoms with Crippen LogP contribution in [0.2, 0.25) is 0 Å². The molecule has 0 rings (SSSR count). The van der Waals surface area contributed by atoms with E-state index in [1.165, 1.54) is 0 Å². The molecule has 0 N–H and O–H groups in total. The quantitative estimate of drug-likeness (QED) is 0.253. The Balaban J connectivity index is -0.0000000450. The van der Waals surface area contributed by atoms with E-state index in [0.29, 0.717) is 0 Å². The Hall–Kier alpha value is 1.57. The molecule has 5 heteroatoms. The van der Waals surface area contributed by atoms with E-state index < -0.39 is 8.60 Å². The largest absolute Gasteiger partial charge is 2.00 e. The molecular weight excluding hydrogens is 119 g/mol. The van der Waals surface area contributed by atoms with Gasteiger partial charge in [0.25, 0.3) is 0 Å². The second-order valence-electron chi connectivity index (χ2n) is 0.224. The van der Waals surface area contributed by atoms with Crippen molar-refractivity contribution in [3.05, 3.63) is 0 Å². The molecule has 0 aliphatic carbocycles. The second-order valence-corrected chi connectivity index (χ2v) is 0.671. The molecule has 0 spiro atoms. The smallest absolute Gasteiger partial charge is 0.854 e. The van der Waals surface area contributed by atoms with Crippen LogP contribution in [0.1, 0.15) is 1.43 Å². The van der Waals surface area contributed by atoms with Crippen LogP contribution >= 0.6 is 8.60 Å². The minimum absolute atomic E-state index is 0. The third kappa shape index (κ3) is 28.8. The monoisotopic (exact) mass is 120 g/mol. The number of hydrogen-bond acceptors (Lipinski definition) is 3. The zero-order valence-electron chi connectivity index (χ0n) is 3.38. The Labute approximate surface area is 62.1 Å². The molecule has 0 aromatic rings. The number of hydrogen-bond donors (Lipinski definition) is 0. The van der Waals surface area contributed by atoms with Gasteiger partial charge in [-0.3, -0.25) is 0 Å². The summed E-state index contributed by atoms with van der Waals surface area (Å²) in [5, 5.41) is 0. The van der Waals surface area contributed by atoms with Crippen molar-refractivity contribution in [2.45, 2.75) is 0 Å². The molecule has 3 nitrogen and oxygen atoms in total. The minimum atomic E-state index is -3.37. The van der Waals surface area contributed by atoms with Gasteiger partial charge in [-0.25, -0.2) is 0 Å². The van der Waals surface area contributed by atoms with Crippen LogP contribution in [0.3, 0.4) is 0 Å². The van der Waals surface area contributed by atoms with E-state index >= 15 is 0 Å². The van der Waals surface area contributed by atoms with Gasteiger partial charge in [-0.1, -0.05) is 0 Å². The first-order valence-corrected chi connectivity index (χ1v) is 1.64. The van der Waals surface area contributed by atoms with E-state index in [4.69, 9.17) is 14.7 Å². The summed E-state index contributed by atoms with van der Waals surface area (Å²) in [5.74, 6) is 0. The molecule has 0 amide bonds. The van der Waals surface area contributed by atoms with Crippen molar-refractivity contribution < 1.29 is 16.1 Å². The Morgan fingerprint density at radius 1 is 1.20 bits per heavy atom. The van der Waals surface area contributed by atoms with Crippen molar-refractivity contribution >= 4 is 46.3 Å². The summed E-state index contributed by atoms with van der Waals surface area (Å²) in [6, 6.07) is 0. The summed E-state index contributed by atoms with van der Waals surface area (Å²) in [4.78, 5) is 25.4. The van der Waals surface area contributed by atoms with Crippen LogP contribution in [0.25, 0.3) is 0 Å². The molecule has 26 valence electrons. The maximum Gasteiger partial charge on any atom is 2.00 e. The Kier molecular flexibility index (Phi) is 10.9. The fraction of sp³-hybridized carbons (Fsp3) is 0. The molecule has 0 aliphatic rings. The maximum atomic E-state index is 8.48. The van der Waals surface area contributed by atoms with Crippen LogP contribution < -0.4 is 14.7 Å². The minimum Gasteiger partial charge on any atom is -0.854 e. The normalized spacial score (nSPS) is 7.20. The molecule has 0 unspecified atom stereocenters. The molecule has 0 heterocycles. The van der Waals surface area contributed by atoms with Crippen molar-refractivity contribution in [1.29, 1.82) is 0 Å². The molecule has 0 saturated carbocycles. The molecule has 0 fully saturated rings. The van der Waals surface area contributed by atoms with Gasteiger partial charge >= 0.3 is 39.2 Å². The summed E-state index contributed by atoms with van der Waals surface area (Å²) in [6.07, 6.45) is 0. The first kappa shape index (κ1) is 9.76. The van der Waals surface area contributed by atoms with Crippen molar-refractivity contribution in [1.82, 2.24) is 0 Å². The van der Waals surface area contributed by atoms with Gasteiger partial charge in [0.1, 0.15) is 0 Å². The molecule has 0 aliphatic heterocycles. The van der Waals surface area contributed by atoms with E-state index in [2.05, 4.69) is 0 Å². The van der Waals surface area contributed by atoms with Crippen LogP contribution in [0.4, 0.5) is 0 Å². The average Bonchev–Trinajstić information content (AvgIpc) is 0.811. The summed E-state index contributed by atoms with van der Waals surface area (Å²) in [7, 11) is -3.37. The van der Waals surface area contributed by atoms with Crippen molar-refractivity contribution in [3.63, 3.8) is 0 Å². The van der Waals surface area contributed by atoms with Crippen molar-refractivity contribution in [2.24, 2.45) is 0 Å². The van der Waals surface area contributed by atoms with E-state index in [0.717, 1.165) is 0 Å². The van der Waals surface area contributed by atoms with Gasteiger partial charge < -0.3 is 23.3 Å². The Morgan fingerprint density at radius 2 is 1.20 bits per heavy atom. The van der Waals surface area contributed by atoms with E-state index in [9.17, 15) is 0 Å². The van der Waals surface area contributed by atoms with Crippen LogP contribution in [0, 0.1) is 0 Å². The molecule has 0 atom stereocenters. The molecule has 0 radical (unpaired) electrons. The van der Waals surface area contributed by atoms with Crippen LogP contribution in [-0.4, -0.2) is 37.7 Å². The van der Waals surface area contributed by atoms with Gasteiger partial charge in [-0.15, -0.1) is 0 Å². The van der Waals surface area contributed by atoms with Gasteiger partial charge in [0.2, 0.25) is 0 Å². The van der Waals surface area contributed by atoms with Gasteiger partial charge in [0.15, 0.2) is 0 Å². The van der Waals surface area contributed by atoms with Crippen LogP contribution in [0.5, 0.6) is 0 Å². The topological polar surface area (TPSA) is 69.2 Å². The molecule has 5 heavy (non-hydrogen) atoms. The first-order chi connectivity index (χ1) is 1.73. The Bertz CT molecular complexity index is 15.5. The van der Waals surface area contributed by atoms with E-state index in [1.807, 2.05) is 0 Å². The summed E-state index contributed by atoms with van der Waals surface area (Å²) in [5.41, 5.74) is 0. The molecule has 0 bridgehead atoms. The summed E-state index contributed by atoms with van der Waals surface area (Å²) < 4.78 is 0. The van der Waals surface area contributed by atoms with Gasteiger partial charge in [0, 0.05) is 0 Å². The van der Waals surface area contributed by atoms with Crippen LogP contribution in [0.15, 0.2) is 0 Å².